The summed E-state index contributed by atoms with van der Waals surface area (Å²) < 4.78 is 10.9. The summed E-state index contributed by atoms with van der Waals surface area (Å²) in [6.07, 6.45) is 3.96. The maximum absolute atomic E-state index is 13.5. The molecule has 0 aliphatic heterocycles. The predicted octanol–water partition coefficient (Wildman–Crippen LogP) is 5.88. The number of methoxy groups -OCH3 is 1. The Morgan fingerprint density at radius 2 is 1.62 bits per heavy atom. The molecule has 1 amide bonds. The lowest BCUT2D eigenvalue weighted by molar-refractivity contribution is -0.145. The minimum atomic E-state index is -0.738. The van der Waals surface area contributed by atoms with Crippen molar-refractivity contribution < 1.29 is 19.1 Å². The van der Waals surface area contributed by atoms with Crippen molar-refractivity contribution in [3.05, 3.63) is 131 Å². The van der Waals surface area contributed by atoms with Crippen LogP contribution in [-0.2, 0) is 16.0 Å². The van der Waals surface area contributed by atoms with Crippen molar-refractivity contribution in [2.24, 2.45) is 11.7 Å². The number of nitrogen functional groups attached to an aromatic ring is 1. The highest BCUT2D eigenvalue weighted by Gasteiger charge is 2.30. The number of amidine groups is 1. The Morgan fingerprint density at radius 1 is 0.905 bits per heavy atom. The van der Waals surface area contributed by atoms with Crippen LogP contribution in [0, 0.1) is 11.3 Å². The quantitative estimate of drug-likeness (QED) is 0.114. The van der Waals surface area contributed by atoms with Gasteiger partial charge in [-0.2, -0.15) is 0 Å². The molecule has 4 aromatic carbocycles. The minimum Gasteiger partial charge on any atom is -0.493 e. The standard InChI is InChI=1S/C35H35N3O4/c1-3-42-32-15-8-7-14-29(32)26-17-19-27(20-18-26)34(39)38-31(21-16-24-10-5-4-6-11-24)30(35(40)41-2)23-25-12-9-13-28(22-25)33(36)37/h4-22,30-31H,3,23H2,1-2H3,(H3,36,37)(H,38,39)/b21-16+/t30-,31-/m1/s1. The van der Waals surface area contributed by atoms with Crippen LogP contribution in [0.5, 0.6) is 5.75 Å². The molecule has 2 atom stereocenters. The first kappa shape index (κ1) is 29.8. The number of rotatable bonds is 12. The molecule has 0 bridgehead atoms. The summed E-state index contributed by atoms with van der Waals surface area (Å²) in [6.45, 7) is 2.49. The fourth-order valence-electron chi connectivity index (χ4n) is 4.71. The molecule has 4 N–H and O–H groups in total. The zero-order valence-corrected chi connectivity index (χ0v) is 23.7. The van der Waals surface area contributed by atoms with Gasteiger partial charge in [0.15, 0.2) is 0 Å². The minimum absolute atomic E-state index is 0.0624. The zero-order valence-electron chi connectivity index (χ0n) is 23.7. The summed E-state index contributed by atoms with van der Waals surface area (Å²) in [5, 5.41) is 10.8. The van der Waals surface area contributed by atoms with E-state index >= 15 is 0 Å². The average Bonchev–Trinajstić information content (AvgIpc) is 3.02. The molecular weight excluding hydrogens is 526 g/mol. The van der Waals surface area contributed by atoms with E-state index in [9.17, 15) is 9.59 Å². The van der Waals surface area contributed by atoms with E-state index in [4.69, 9.17) is 20.6 Å². The van der Waals surface area contributed by atoms with Gasteiger partial charge in [-0.05, 0) is 54.3 Å². The van der Waals surface area contributed by atoms with E-state index in [2.05, 4.69) is 5.32 Å². The summed E-state index contributed by atoms with van der Waals surface area (Å²) in [4.78, 5) is 26.6. The molecule has 0 aliphatic rings. The molecule has 7 nitrogen and oxygen atoms in total. The van der Waals surface area contributed by atoms with Crippen molar-refractivity contribution in [1.82, 2.24) is 5.32 Å². The van der Waals surface area contributed by atoms with Gasteiger partial charge in [-0.3, -0.25) is 15.0 Å². The van der Waals surface area contributed by atoms with Gasteiger partial charge in [-0.1, -0.05) is 91.0 Å². The molecule has 0 unspecified atom stereocenters. The van der Waals surface area contributed by atoms with Gasteiger partial charge >= 0.3 is 5.97 Å². The third-order valence-electron chi connectivity index (χ3n) is 6.87. The summed E-state index contributed by atoms with van der Waals surface area (Å²) in [5.41, 5.74) is 10.3. The number of carbonyl (C=O) groups excluding carboxylic acids is 2. The van der Waals surface area contributed by atoms with Crippen LogP contribution in [0.3, 0.4) is 0 Å². The van der Waals surface area contributed by atoms with E-state index in [-0.39, 0.29) is 18.2 Å². The van der Waals surface area contributed by atoms with Crippen LogP contribution in [0.4, 0.5) is 0 Å². The second kappa shape index (κ2) is 14.5. The van der Waals surface area contributed by atoms with Crippen molar-refractivity contribution in [3.8, 4) is 16.9 Å². The number of esters is 1. The summed E-state index contributed by atoms with van der Waals surface area (Å²) in [6, 6.07) is 31.2. The number of ether oxygens (including phenoxy) is 2. The molecule has 7 heteroatoms. The number of para-hydroxylation sites is 1. The first-order chi connectivity index (χ1) is 20.4. The molecule has 0 heterocycles. The third kappa shape index (κ3) is 7.73. The lowest BCUT2D eigenvalue weighted by atomic mass is 9.90. The highest BCUT2D eigenvalue weighted by molar-refractivity contribution is 5.96. The Balaban J connectivity index is 1.63. The zero-order chi connectivity index (χ0) is 29.9. The molecule has 214 valence electrons. The lowest BCUT2D eigenvalue weighted by Crippen LogP contribution is -2.43. The van der Waals surface area contributed by atoms with E-state index in [0.29, 0.717) is 17.7 Å². The maximum atomic E-state index is 13.5. The summed E-state index contributed by atoms with van der Waals surface area (Å²) >= 11 is 0. The van der Waals surface area contributed by atoms with Gasteiger partial charge in [0.25, 0.3) is 5.91 Å². The summed E-state index contributed by atoms with van der Waals surface area (Å²) in [7, 11) is 1.33. The topological polar surface area (TPSA) is 115 Å². The van der Waals surface area contributed by atoms with E-state index in [1.54, 1.807) is 30.3 Å². The first-order valence-corrected chi connectivity index (χ1v) is 13.8. The summed E-state index contributed by atoms with van der Waals surface area (Å²) in [5.74, 6) is -0.813. The SMILES string of the molecule is CCOc1ccccc1-c1ccc(C(=O)N[C@H](/C=C/c2ccccc2)[C@@H](Cc2cccc(C(=N)N)c2)C(=O)OC)cc1. The average molecular weight is 562 g/mol. The number of amides is 1. The Labute approximate surface area is 246 Å². The molecule has 0 fully saturated rings. The van der Waals surface area contributed by atoms with Crippen molar-refractivity contribution in [3.63, 3.8) is 0 Å². The van der Waals surface area contributed by atoms with E-state index < -0.39 is 17.9 Å². The second-order valence-corrected chi connectivity index (χ2v) is 9.72. The van der Waals surface area contributed by atoms with Crippen molar-refractivity contribution in [1.29, 1.82) is 5.41 Å². The van der Waals surface area contributed by atoms with Gasteiger partial charge in [0.2, 0.25) is 0 Å². The number of benzene rings is 4. The fourth-order valence-corrected chi connectivity index (χ4v) is 4.71. The predicted molar refractivity (Wildman–Crippen MR) is 166 cm³/mol. The van der Waals surface area contributed by atoms with Crippen LogP contribution in [0.25, 0.3) is 17.2 Å². The highest BCUT2D eigenvalue weighted by atomic mass is 16.5. The third-order valence-corrected chi connectivity index (χ3v) is 6.87. The molecule has 0 aromatic heterocycles. The molecule has 0 aliphatic carbocycles. The molecule has 0 spiro atoms. The van der Waals surface area contributed by atoms with Crippen LogP contribution in [0.15, 0.2) is 109 Å². The number of nitrogens with one attached hydrogen (secondary N) is 2. The van der Waals surface area contributed by atoms with Gasteiger partial charge in [-0.15, -0.1) is 0 Å². The molecule has 4 aromatic rings. The molecule has 4 rings (SSSR count). The molecule has 0 saturated carbocycles. The normalized spacial score (nSPS) is 12.3. The van der Waals surface area contributed by atoms with Gasteiger partial charge < -0.3 is 20.5 Å². The Bertz CT molecular complexity index is 1550. The maximum Gasteiger partial charge on any atom is 0.311 e. The highest BCUT2D eigenvalue weighted by Crippen LogP contribution is 2.30. The van der Waals surface area contributed by atoms with Crippen LogP contribution in [0.1, 0.15) is 34.0 Å². The van der Waals surface area contributed by atoms with E-state index in [1.807, 2.05) is 91.9 Å². The monoisotopic (exact) mass is 561 g/mol. The van der Waals surface area contributed by atoms with Gasteiger partial charge in [0.1, 0.15) is 11.6 Å². The molecule has 0 radical (unpaired) electrons. The first-order valence-electron chi connectivity index (χ1n) is 13.8. The number of hydrogen-bond acceptors (Lipinski definition) is 5. The van der Waals surface area contributed by atoms with Crippen LogP contribution in [-0.4, -0.2) is 37.5 Å². The van der Waals surface area contributed by atoms with Crippen molar-refractivity contribution >= 4 is 23.8 Å². The number of nitrogens with two attached hydrogens (primary N) is 1. The number of hydrogen-bond donors (Lipinski definition) is 3. The van der Waals surface area contributed by atoms with Crippen molar-refractivity contribution in [2.75, 3.05) is 13.7 Å². The van der Waals surface area contributed by atoms with Gasteiger partial charge in [0.05, 0.1) is 25.7 Å². The molecule has 42 heavy (non-hydrogen) atoms. The van der Waals surface area contributed by atoms with E-state index in [1.165, 1.54) is 7.11 Å². The lowest BCUT2D eigenvalue weighted by Gasteiger charge is -2.24. The molecular formula is C35H35N3O4. The fraction of sp³-hybridized carbons (Fsp3) is 0.171. The van der Waals surface area contributed by atoms with Gasteiger partial charge in [0, 0.05) is 16.7 Å². The number of carbonyl (C=O) groups is 2. The van der Waals surface area contributed by atoms with E-state index in [0.717, 1.165) is 28.0 Å². The Kier molecular flexibility index (Phi) is 10.3. The van der Waals surface area contributed by atoms with Crippen LogP contribution in [0.2, 0.25) is 0 Å². The van der Waals surface area contributed by atoms with Gasteiger partial charge in [-0.25, -0.2) is 0 Å². The van der Waals surface area contributed by atoms with Crippen LogP contribution >= 0.6 is 0 Å². The van der Waals surface area contributed by atoms with Crippen molar-refractivity contribution in [2.45, 2.75) is 19.4 Å². The Morgan fingerprint density at radius 3 is 2.31 bits per heavy atom. The Hall–Kier alpha value is -5.17. The second-order valence-electron chi connectivity index (χ2n) is 9.72. The van der Waals surface area contributed by atoms with Crippen LogP contribution < -0.4 is 15.8 Å². The molecule has 0 saturated heterocycles. The smallest absolute Gasteiger partial charge is 0.311 e. The largest absolute Gasteiger partial charge is 0.493 e.